The Bertz CT molecular complexity index is 2860. The molecule has 8 heterocycles. The van der Waals surface area contributed by atoms with Crippen molar-refractivity contribution in [2.24, 2.45) is 0 Å². The highest BCUT2D eigenvalue weighted by atomic mass is 19.1. The Hall–Kier alpha value is -6.39. The van der Waals surface area contributed by atoms with Crippen LogP contribution < -0.4 is 14.5 Å². The first-order chi connectivity index (χ1) is 34.0. The molecule has 2 aromatic carbocycles. The summed E-state index contributed by atoms with van der Waals surface area (Å²) >= 11 is 0. The number of carbonyl (C=O) groups excluding carboxylic acids is 2. The molecule has 5 aliphatic heterocycles. The van der Waals surface area contributed by atoms with E-state index in [0.29, 0.717) is 106 Å². The third-order valence-corrected chi connectivity index (χ3v) is 14.8. The zero-order valence-corrected chi connectivity index (χ0v) is 40.8. The lowest BCUT2D eigenvalue weighted by atomic mass is 9.92. The topological polar surface area (TPSA) is 157 Å². The zero-order chi connectivity index (χ0) is 49.8. The number of nitrogens with zero attached hydrogens (tertiary/aromatic N) is 10. The Morgan fingerprint density at radius 1 is 0.958 bits per heavy atom. The van der Waals surface area contributed by atoms with Crippen molar-refractivity contribution < 1.29 is 41.9 Å². The van der Waals surface area contributed by atoms with Gasteiger partial charge in [0.15, 0.2) is 11.6 Å². The summed E-state index contributed by atoms with van der Waals surface area (Å²) in [6, 6.07) is 7.04. The van der Waals surface area contributed by atoms with E-state index >= 15 is 13.2 Å². The number of anilines is 2. The van der Waals surface area contributed by atoms with Crippen LogP contribution in [-0.4, -0.2) is 165 Å². The Labute approximate surface area is 411 Å². The van der Waals surface area contributed by atoms with Gasteiger partial charge in [-0.3, -0.25) is 24.5 Å². The molecule has 5 aromatic rings. The molecule has 3 unspecified atom stereocenters. The number of pyridine rings is 1. The fourth-order valence-corrected chi connectivity index (χ4v) is 11.2. The summed E-state index contributed by atoms with van der Waals surface area (Å²) in [6.45, 7) is 13.8. The third-order valence-electron chi connectivity index (χ3n) is 14.8. The summed E-state index contributed by atoms with van der Waals surface area (Å²) in [5, 5.41) is 15.9. The van der Waals surface area contributed by atoms with Gasteiger partial charge in [-0.2, -0.15) is 9.97 Å². The Kier molecular flexibility index (Phi) is 13.1. The molecule has 2 bridgehead atoms. The minimum absolute atomic E-state index is 0.0605. The number of phenols is 1. The van der Waals surface area contributed by atoms with E-state index in [1.165, 1.54) is 30.5 Å². The van der Waals surface area contributed by atoms with Crippen LogP contribution in [0.5, 0.6) is 11.8 Å². The average molecular weight is 979 g/mol. The molecule has 376 valence electrons. The van der Waals surface area contributed by atoms with Crippen molar-refractivity contribution in [3.8, 4) is 35.4 Å². The second-order valence-electron chi connectivity index (χ2n) is 20.9. The van der Waals surface area contributed by atoms with E-state index in [1.54, 1.807) is 4.90 Å². The van der Waals surface area contributed by atoms with E-state index in [-0.39, 0.29) is 82.6 Å². The third kappa shape index (κ3) is 9.97. The molecule has 0 aliphatic carbocycles. The first-order valence-corrected chi connectivity index (χ1v) is 24.8. The van der Waals surface area contributed by atoms with Crippen molar-refractivity contribution in [1.29, 1.82) is 0 Å². The van der Waals surface area contributed by atoms with Crippen LogP contribution >= 0.6 is 0 Å². The second kappa shape index (κ2) is 19.3. The number of rotatable bonds is 11. The van der Waals surface area contributed by atoms with Crippen molar-refractivity contribution in [3.63, 3.8) is 0 Å². The van der Waals surface area contributed by atoms with Gasteiger partial charge in [0.25, 0.3) is 0 Å². The molecule has 71 heavy (non-hydrogen) atoms. The van der Waals surface area contributed by atoms with Gasteiger partial charge in [-0.05, 0) is 89.8 Å². The maximum absolute atomic E-state index is 17.2. The van der Waals surface area contributed by atoms with Crippen LogP contribution in [0, 0.1) is 24.0 Å². The SMILES string of the molecule is C#Cc1c(F)ccc2cc(O)cc(-c3ncc4c(N5CC6CCC(C5)N6C(=O)OC(C)(C)C)nc(OCCN5CCC(F)(CN6CCN(c7cc(CC(=O)N8CCCC8C)on7)CC6)CC5)nc4c3F)c12. The molecular weight excluding hydrogens is 918 g/mol. The summed E-state index contributed by atoms with van der Waals surface area (Å²) in [4.78, 5) is 52.3. The standard InChI is InChI=1S/C52H61F3N10O6/c1-6-38-41(53)12-9-33-24-36(66)25-39(44(33)38)46-45(54)47-40(28-56-46)48(63-29-34-10-11-35(30-63)65(34)50(68)70-51(3,4)5)58-49(57-47)69-23-22-60-16-13-52(55,14-17-60)31-61-18-20-62(21-19-61)42-26-37(71-59-42)27-43(67)64-15-7-8-32(64)2/h1,9,12,24-26,28,32,34-35,66H,7-8,10-11,13-23,27,29-31H2,2-5H3. The quantitative estimate of drug-likeness (QED) is 0.136. The highest BCUT2D eigenvalue weighted by Gasteiger charge is 2.45. The largest absolute Gasteiger partial charge is 0.508 e. The second-order valence-corrected chi connectivity index (χ2v) is 20.9. The highest BCUT2D eigenvalue weighted by molar-refractivity contribution is 6.03. The van der Waals surface area contributed by atoms with E-state index < -0.39 is 22.9 Å². The fraction of sp³-hybridized carbons (Fsp3) is 0.538. The number of hydrogen-bond acceptors (Lipinski definition) is 14. The number of benzene rings is 2. The monoisotopic (exact) mass is 978 g/mol. The number of piperidine rings is 1. The number of terminal acetylenes is 1. The maximum atomic E-state index is 17.2. The number of alkyl halides is 1. The number of carbonyl (C=O) groups is 2. The molecule has 5 saturated heterocycles. The molecular formula is C52H61F3N10O6. The van der Waals surface area contributed by atoms with Gasteiger partial charge in [-0.15, -0.1) is 6.42 Å². The number of fused-ring (bicyclic) bond motifs is 4. The van der Waals surface area contributed by atoms with Crippen LogP contribution in [0.4, 0.5) is 29.6 Å². The van der Waals surface area contributed by atoms with Crippen molar-refractivity contribution in [2.75, 3.05) is 88.4 Å². The number of ether oxygens (including phenoxy) is 2. The molecule has 0 spiro atoms. The van der Waals surface area contributed by atoms with Crippen LogP contribution in [0.2, 0.25) is 0 Å². The van der Waals surface area contributed by atoms with E-state index in [2.05, 4.69) is 42.7 Å². The smallest absolute Gasteiger partial charge is 0.410 e. The first kappa shape index (κ1) is 48.2. The molecule has 5 fully saturated rings. The van der Waals surface area contributed by atoms with E-state index in [0.717, 1.165) is 32.2 Å². The number of amides is 2. The molecule has 10 rings (SSSR count). The zero-order valence-electron chi connectivity index (χ0n) is 40.8. The van der Waals surface area contributed by atoms with Gasteiger partial charge in [0, 0.05) is 101 Å². The lowest BCUT2D eigenvalue weighted by molar-refractivity contribution is -0.131. The van der Waals surface area contributed by atoms with Crippen LogP contribution in [0.25, 0.3) is 32.9 Å². The van der Waals surface area contributed by atoms with Crippen molar-refractivity contribution in [1.82, 2.24) is 39.7 Å². The van der Waals surface area contributed by atoms with Crippen molar-refractivity contribution in [2.45, 2.75) is 102 Å². The van der Waals surface area contributed by atoms with Crippen LogP contribution in [-0.2, 0) is 16.0 Å². The molecule has 0 saturated carbocycles. The van der Waals surface area contributed by atoms with Gasteiger partial charge in [0.1, 0.15) is 52.2 Å². The van der Waals surface area contributed by atoms with Gasteiger partial charge in [0.05, 0.1) is 29.5 Å². The van der Waals surface area contributed by atoms with Gasteiger partial charge in [0.2, 0.25) is 5.91 Å². The number of hydrogen-bond donors (Lipinski definition) is 1. The minimum atomic E-state index is -1.35. The van der Waals surface area contributed by atoms with Crippen molar-refractivity contribution in [3.05, 3.63) is 59.5 Å². The van der Waals surface area contributed by atoms with Gasteiger partial charge in [-0.1, -0.05) is 17.1 Å². The lowest BCUT2D eigenvalue weighted by Crippen LogP contribution is -2.57. The molecule has 3 aromatic heterocycles. The van der Waals surface area contributed by atoms with Gasteiger partial charge in [-0.25, -0.2) is 18.0 Å². The normalized spacial score (nSPS) is 21.9. The highest BCUT2D eigenvalue weighted by Crippen LogP contribution is 2.41. The molecule has 2 amide bonds. The van der Waals surface area contributed by atoms with Gasteiger partial charge < -0.3 is 33.8 Å². The van der Waals surface area contributed by atoms with Crippen LogP contribution in [0.3, 0.4) is 0 Å². The van der Waals surface area contributed by atoms with Gasteiger partial charge >= 0.3 is 12.1 Å². The predicted molar refractivity (Wildman–Crippen MR) is 261 cm³/mol. The number of likely N-dealkylation sites (tertiary alicyclic amines) is 2. The average Bonchev–Trinajstić information content (AvgIpc) is 4.06. The minimum Gasteiger partial charge on any atom is -0.508 e. The molecule has 0 radical (unpaired) electrons. The number of piperazine rings is 2. The van der Waals surface area contributed by atoms with Crippen molar-refractivity contribution >= 4 is 45.3 Å². The summed E-state index contributed by atoms with van der Waals surface area (Å²) in [7, 11) is 0. The molecule has 19 heteroatoms. The first-order valence-electron chi connectivity index (χ1n) is 24.8. The summed E-state index contributed by atoms with van der Waals surface area (Å²) < 4.78 is 66.3. The molecule has 3 atom stereocenters. The summed E-state index contributed by atoms with van der Waals surface area (Å²) in [6.07, 6.45) is 11.3. The number of phenolic OH excluding ortho intramolecular Hbond substituents is 1. The predicted octanol–water partition coefficient (Wildman–Crippen LogP) is 6.94. The molecule has 1 N–H and O–H groups in total. The van der Waals surface area contributed by atoms with E-state index in [1.807, 2.05) is 36.6 Å². The lowest BCUT2D eigenvalue weighted by Gasteiger charge is -2.42. The Morgan fingerprint density at radius 3 is 2.39 bits per heavy atom. The number of halogens is 3. The molecule has 5 aliphatic rings. The molecule has 16 nitrogen and oxygen atoms in total. The summed E-state index contributed by atoms with van der Waals surface area (Å²) in [5.74, 6) is 2.37. The summed E-state index contributed by atoms with van der Waals surface area (Å²) in [5.41, 5.74) is -2.32. The van der Waals surface area contributed by atoms with Crippen LogP contribution in [0.15, 0.2) is 41.1 Å². The fourth-order valence-electron chi connectivity index (χ4n) is 11.2. The number of aromatic hydroxyl groups is 1. The Morgan fingerprint density at radius 2 is 1.70 bits per heavy atom. The van der Waals surface area contributed by atoms with E-state index in [9.17, 15) is 14.7 Å². The van der Waals surface area contributed by atoms with Crippen LogP contribution in [0.1, 0.15) is 77.5 Å². The number of aromatic nitrogens is 4. The Balaban J connectivity index is 0.810. The van der Waals surface area contributed by atoms with E-state index in [4.69, 9.17) is 25.4 Å². The maximum Gasteiger partial charge on any atom is 0.410 e.